The fourth-order valence-electron chi connectivity index (χ4n) is 1.68. The second-order valence-corrected chi connectivity index (χ2v) is 5.99. The third-order valence-electron chi connectivity index (χ3n) is 2.80. The smallest absolute Gasteiger partial charge is 0.237 e. The minimum Gasteiger partial charge on any atom is -0.325 e. The van der Waals surface area contributed by atoms with Gasteiger partial charge in [0.25, 0.3) is 0 Å². The third-order valence-corrected chi connectivity index (χ3v) is 3.91. The summed E-state index contributed by atoms with van der Waals surface area (Å²) in [6.07, 6.45) is 0. The van der Waals surface area contributed by atoms with Gasteiger partial charge in [-0.3, -0.25) is 4.79 Å². The highest BCUT2D eigenvalue weighted by Gasteiger charge is 2.14. The molecule has 0 aliphatic rings. The average molecular weight is 289 g/mol. The summed E-state index contributed by atoms with van der Waals surface area (Å²) >= 11 is 1.48. The lowest BCUT2D eigenvalue weighted by Gasteiger charge is -2.12. The highest BCUT2D eigenvalue weighted by atomic mass is 32.2. The van der Waals surface area contributed by atoms with Gasteiger partial charge < -0.3 is 5.32 Å². The standard InChI is InChI=1S/C16H16FNOS/c1-11-6-8-15(9-7-11)20-12(2)16(19)18-14-5-3-4-13(17)10-14/h3-10,12H,1-2H3,(H,18,19). The first-order valence-electron chi connectivity index (χ1n) is 6.34. The maximum absolute atomic E-state index is 13.0. The topological polar surface area (TPSA) is 29.1 Å². The van der Waals surface area contributed by atoms with E-state index < -0.39 is 0 Å². The number of benzene rings is 2. The van der Waals surface area contributed by atoms with Crippen LogP contribution in [0.4, 0.5) is 10.1 Å². The van der Waals surface area contributed by atoms with Crippen molar-refractivity contribution in [1.82, 2.24) is 0 Å². The molecule has 0 radical (unpaired) electrons. The summed E-state index contributed by atoms with van der Waals surface area (Å²) in [4.78, 5) is 13.1. The second kappa shape index (κ2) is 6.57. The van der Waals surface area contributed by atoms with E-state index in [0.717, 1.165) is 4.90 Å². The van der Waals surface area contributed by atoms with Crippen LogP contribution in [-0.4, -0.2) is 11.2 Å². The minimum absolute atomic E-state index is 0.138. The molecule has 1 amide bonds. The number of carbonyl (C=O) groups is 1. The van der Waals surface area contributed by atoms with Crippen LogP contribution in [0.15, 0.2) is 53.4 Å². The fourth-order valence-corrected chi connectivity index (χ4v) is 2.55. The number of rotatable bonds is 4. The number of hydrogen-bond acceptors (Lipinski definition) is 2. The van der Waals surface area contributed by atoms with Gasteiger partial charge in [0.05, 0.1) is 5.25 Å². The fraction of sp³-hybridized carbons (Fsp3) is 0.188. The zero-order valence-electron chi connectivity index (χ0n) is 11.4. The Kier molecular flexibility index (Phi) is 4.79. The van der Waals surface area contributed by atoms with Gasteiger partial charge in [0.1, 0.15) is 5.82 Å². The molecular formula is C16H16FNOS. The Morgan fingerprint density at radius 1 is 1.20 bits per heavy atom. The zero-order chi connectivity index (χ0) is 14.5. The van der Waals surface area contributed by atoms with E-state index in [1.54, 1.807) is 12.1 Å². The van der Waals surface area contributed by atoms with Crippen molar-refractivity contribution in [2.75, 3.05) is 5.32 Å². The van der Waals surface area contributed by atoms with Crippen LogP contribution in [-0.2, 0) is 4.79 Å². The van der Waals surface area contributed by atoms with Crippen LogP contribution in [0.3, 0.4) is 0 Å². The van der Waals surface area contributed by atoms with Gasteiger partial charge in [-0.1, -0.05) is 23.8 Å². The Hall–Kier alpha value is -1.81. The number of nitrogens with one attached hydrogen (secondary N) is 1. The highest BCUT2D eigenvalue weighted by Crippen LogP contribution is 2.24. The lowest BCUT2D eigenvalue weighted by Crippen LogP contribution is -2.22. The Morgan fingerprint density at radius 3 is 2.55 bits per heavy atom. The van der Waals surface area contributed by atoms with Crippen LogP contribution in [0, 0.1) is 12.7 Å². The number of carbonyl (C=O) groups excluding carboxylic acids is 1. The molecule has 1 N–H and O–H groups in total. The summed E-state index contributed by atoms with van der Waals surface area (Å²) in [5.74, 6) is -0.497. The van der Waals surface area contributed by atoms with Crippen molar-refractivity contribution < 1.29 is 9.18 Å². The van der Waals surface area contributed by atoms with Crippen LogP contribution in [0.25, 0.3) is 0 Å². The van der Waals surface area contributed by atoms with E-state index in [0.29, 0.717) is 5.69 Å². The third kappa shape index (κ3) is 4.10. The van der Waals surface area contributed by atoms with Crippen molar-refractivity contribution in [3.63, 3.8) is 0 Å². The Labute approximate surface area is 122 Å². The van der Waals surface area contributed by atoms with Crippen molar-refractivity contribution in [3.8, 4) is 0 Å². The number of halogens is 1. The van der Waals surface area contributed by atoms with Gasteiger partial charge in [-0.2, -0.15) is 0 Å². The van der Waals surface area contributed by atoms with Gasteiger partial charge in [0.2, 0.25) is 5.91 Å². The predicted molar refractivity (Wildman–Crippen MR) is 81.5 cm³/mol. The van der Waals surface area contributed by atoms with Gasteiger partial charge in [-0.25, -0.2) is 4.39 Å². The molecule has 0 saturated heterocycles. The summed E-state index contributed by atoms with van der Waals surface area (Å²) in [7, 11) is 0. The Bertz CT molecular complexity index is 598. The SMILES string of the molecule is Cc1ccc(SC(C)C(=O)Nc2cccc(F)c2)cc1. The molecular weight excluding hydrogens is 273 g/mol. The van der Waals surface area contributed by atoms with E-state index in [4.69, 9.17) is 0 Å². The molecule has 0 aromatic heterocycles. The number of thioether (sulfide) groups is 1. The van der Waals surface area contributed by atoms with Crippen molar-refractivity contribution >= 4 is 23.4 Å². The summed E-state index contributed by atoms with van der Waals surface area (Å²) in [6.45, 7) is 3.85. The summed E-state index contributed by atoms with van der Waals surface area (Å²) in [5.41, 5.74) is 1.66. The molecule has 0 saturated carbocycles. The first kappa shape index (κ1) is 14.6. The minimum atomic E-state index is -0.360. The maximum Gasteiger partial charge on any atom is 0.237 e. The van der Waals surface area contributed by atoms with Crippen LogP contribution in [0.2, 0.25) is 0 Å². The average Bonchev–Trinajstić information content (AvgIpc) is 2.41. The quantitative estimate of drug-likeness (QED) is 0.852. The van der Waals surface area contributed by atoms with Gasteiger partial charge in [0.15, 0.2) is 0 Å². The van der Waals surface area contributed by atoms with Crippen molar-refractivity contribution in [2.24, 2.45) is 0 Å². The van der Waals surface area contributed by atoms with Crippen LogP contribution in [0.1, 0.15) is 12.5 Å². The van der Waals surface area contributed by atoms with Crippen LogP contribution >= 0.6 is 11.8 Å². The lowest BCUT2D eigenvalue weighted by atomic mass is 10.2. The maximum atomic E-state index is 13.0. The summed E-state index contributed by atoms with van der Waals surface area (Å²) in [5, 5.41) is 2.47. The molecule has 1 atom stereocenters. The molecule has 0 aliphatic carbocycles. The first-order chi connectivity index (χ1) is 9.54. The molecule has 0 heterocycles. The largest absolute Gasteiger partial charge is 0.325 e. The van der Waals surface area contributed by atoms with Crippen molar-refractivity contribution in [1.29, 1.82) is 0 Å². The number of hydrogen-bond donors (Lipinski definition) is 1. The van der Waals surface area contributed by atoms with Gasteiger partial charge >= 0.3 is 0 Å². The monoisotopic (exact) mass is 289 g/mol. The molecule has 2 aromatic carbocycles. The molecule has 2 rings (SSSR count). The van der Waals surface area contributed by atoms with E-state index in [2.05, 4.69) is 5.32 Å². The van der Waals surface area contributed by atoms with Gasteiger partial charge in [0, 0.05) is 10.6 Å². The summed E-state index contributed by atoms with van der Waals surface area (Å²) in [6, 6.07) is 13.9. The number of aryl methyl sites for hydroxylation is 1. The molecule has 0 fully saturated rings. The first-order valence-corrected chi connectivity index (χ1v) is 7.22. The molecule has 0 bridgehead atoms. The van der Waals surface area contributed by atoms with Gasteiger partial charge in [-0.05, 0) is 44.2 Å². The van der Waals surface area contributed by atoms with Crippen molar-refractivity contribution in [2.45, 2.75) is 24.0 Å². The van der Waals surface area contributed by atoms with E-state index >= 15 is 0 Å². The Balaban J connectivity index is 1.96. The normalized spacial score (nSPS) is 11.9. The van der Waals surface area contributed by atoms with E-state index in [-0.39, 0.29) is 17.0 Å². The number of amides is 1. The zero-order valence-corrected chi connectivity index (χ0v) is 12.2. The number of anilines is 1. The molecule has 2 aromatic rings. The molecule has 104 valence electrons. The van der Waals surface area contributed by atoms with Crippen molar-refractivity contribution in [3.05, 3.63) is 59.9 Å². The van der Waals surface area contributed by atoms with Crippen LogP contribution in [0.5, 0.6) is 0 Å². The van der Waals surface area contributed by atoms with E-state index in [1.165, 1.54) is 29.5 Å². The second-order valence-electron chi connectivity index (χ2n) is 4.57. The molecule has 0 aliphatic heterocycles. The molecule has 2 nitrogen and oxygen atoms in total. The molecule has 20 heavy (non-hydrogen) atoms. The van der Waals surface area contributed by atoms with Crippen LogP contribution < -0.4 is 5.32 Å². The van der Waals surface area contributed by atoms with E-state index in [1.807, 2.05) is 38.1 Å². The Morgan fingerprint density at radius 2 is 1.90 bits per heavy atom. The lowest BCUT2D eigenvalue weighted by molar-refractivity contribution is -0.115. The molecule has 4 heteroatoms. The van der Waals surface area contributed by atoms with E-state index in [9.17, 15) is 9.18 Å². The highest BCUT2D eigenvalue weighted by molar-refractivity contribution is 8.00. The van der Waals surface area contributed by atoms with Gasteiger partial charge in [-0.15, -0.1) is 11.8 Å². The predicted octanol–water partition coefficient (Wildman–Crippen LogP) is 4.25. The molecule has 1 unspecified atom stereocenters. The molecule has 0 spiro atoms. The summed E-state index contributed by atoms with van der Waals surface area (Å²) < 4.78 is 13.0.